The molecule has 0 unspecified atom stereocenters. The topological polar surface area (TPSA) is 92.8 Å². The van der Waals surface area contributed by atoms with Crippen molar-refractivity contribution in [2.24, 2.45) is 0 Å². The van der Waals surface area contributed by atoms with E-state index in [1.54, 1.807) is 35.5 Å². The maximum atomic E-state index is 12.9. The molecule has 0 fully saturated rings. The van der Waals surface area contributed by atoms with E-state index in [0.717, 1.165) is 29.9 Å². The first-order chi connectivity index (χ1) is 16.5. The van der Waals surface area contributed by atoms with Gasteiger partial charge >= 0.3 is 11.9 Å². The van der Waals surface area contributed by atoms with E-state index in [9.17, 15) is 9.59 Å². The Hall–Kier alpha value is -3.88. The van der Waals surface area contributed by atoms with Gasteiger partial charge in [0.2, 0.25) is 6.79 Å². The number of benzene rings is 1. The molecule has 2 aliphatic heterocycles. The van der Waals surface area contributed by atoms with Gasteiger partial charge in [0.25, 0.3) is 0 Å². The van der Waals surface area contributed by atoms with Gasteiger partial charge in [-0.1, -0.05) is 12.1 Å². The predicted molar refractivity (Wildman–Crippen MR) is 121 cm³/mol. The molecule has 180 valence electrons. The Labute approximate surface area is 197 Å². The second kappa shape index (κ2) is 9.94. The van der Waals surface area contributed by atoms with E-state index >= 15 is 0 Å². The second-order valence-corrected chi connectivity index (χ2v) is 7.84. The van der Waals surface area contributed by atoms with Crippen LogP contribution in [0.3, 0.4) is 0 Å². The lowest BCUT2D eigenvalue weighted by atomic mass is 9.82. The summed E-state index contributed by atoms with van der Waals surface area (Å²) in [4.78, 5) is 27.6. The zero-order valence-corrected chi connectivity index (χ0v) is 19.6. The van der Waals surface area contributed by atoms with Crippen LogP contribution in [0.2, 0.25) is 0 Å². The normalized spacial score (nSPS) is 17.5. The van der Waals surface area contributed by atoms with Crippen molar-refractivity contribution in [1.82, 2.24) is 4.90 Å². The number of rotatable bonds is 7. The van der Waals surface area contributed by atoms with Crippen molar-refractivity contribution in [2.75, 3.05) is 41.8 Å². The van der Waals surface area contributed by atoms with E-state index in [4.69, 9.17) is 28.4 Å². The van der Waals surface area contributed by atoms with Gasteiger partial charge in [0, 0.05) is 30.9 Å². The zero-order chi connectivity index (χ0) is 24.2. The minimum atomic E-state index is -0.776. The van der Waals surface area contributed by atoms with Crippen molar-refractivity contribution in [3.05, 3.63) is 70.5 Å². The lowest BCUT2D eigenvalue weighted by Gasteiger charge is -2.31. The average molecular weight is 469 g/mol. The van der Waals surface area contributed by atoms with Crippen LogP contribution >= 0.6 is 0 Å². The van der Waals surface area contributed by atoms with Crippen LogP contribution in [0.5, 0.6) is 11.5 Å². The van der Waals surface area contributed by atoms with Gasteiger partial charge in [-0.15, -0.1) is 0 Å². The molecule has 1 aromatic rings. The number of carbonyl (C=O) groups excluding carboxylic acids is 2. The molecule has 0 atom stereocenters. The number of hydrogen-bond acceptors (Lipinski definition) is 9. The Bertz CT molecular complexity index is 1080. The fourth-order valence-corrected chi connectivity index (χ4v) is 4.38. The summed E-state index contributed by atoms with van der Waals surface area (Å²) in [5, 5.41) is 0. The van der Waals surface area contributed by atoms with Crippen molar-refractivity contribution in [3.63, 3.8) is 0 Å². The molecule has 9 heteroatoms. The Morgan fingerprint density at radius 1 is 0.971 bits per heavy atom. The Morgan fingerprint density at radius 2 is 1.68 bits per heavy atom. The van der Waals surface area contributed by atoms with Crippen LogP contribution in [-0.4, -0.2) is 58.6 Å². The fourth-order valence-electron chi connectivity index (χ4n) is 4.38. The molecule has 0 spiro atoms. The van der Waals surface area contributed by atoms with Crippen LogP contribution in [0, 0.1) is 0 Å². The van der Waals surface area contributed by atoms with E-state index < -0.39 is 17.9 Å². The SMILES string of the molecule is COC(=O)C1=CN(CC2=CC3=C(CC2)OCO3)C=C(C(=O)OC)C1c1cccc(OC)c1OC. The van der Waals surface area contributed by atoms with Crippen LogP contribution in [0.25, 0.3) is 0 Å². The maximum Gasteiger partial charge on any atom is 0.336 e. The molecule has 1 aromatic carbocycles. The maximum absolute atomic E-state index is 12.9. The number of carbonyl (C=O) groups is 2. The number of para-hydroxylation sites is 1. The molecular formula is C25H27NO8. The largest absolute Gasteiger partial charge is 0.493 e. The number of methoxy groups -OCH3 is 4. The highest BCUT2D eigenvalue weighted by Crippen LogP contribution is 2.44. The van der Waals surface area contributed by atoms with Crippen molar-refractivity contribution in [1.29, 1.82) is 0 Å². The molecule has 0 saturated heterocycles. The van der Waals surface area contributed by atoms with Gasteiger partial charge in [0.05, 0.1) is 45.5 Å². The number of ether oxygens (including phenoxy) is 6. The average Bonchev–Trinajstić information content (AvgIpc) is 3.34. The van der Waals surface area contributed by atoms with Crippen molar-refractivity contribution < 1.29 is 38.0 Å². The monoisotopic (exact) mass is 469 g/mol. The summed E-state index contributed by atoms with van der Waals surface area (Å²) in [5.74, 6) is 0.569. The van der Waals surface area contributed by atoms with Crippen LogP contribution in [0.1, 0.15) is 24.3 Å². The molecule has 0 saturated carbocycles. The quantitative estimate of drug-likeness (QED) is 0.558. The molecule has 0 amide bonds. The first-order valence-corrected chi connectivity index (χ1v) is 10.8. The highest BCUT2D eigenvalue weighted by atomic mass is 16.7. The van der Waals surface area contributed by atoms with Gasteiger partial charge in [-0.25, -0.2) is 9.59 Å². The zero-order valence-electron chi connectivity index (χ0n) is 19.6. The molecule has 34 heavy (non-hydrogen) atoms. The summed E-state index contributed by atoms with van der Waals surface area (Å²) in [6.07, 6.45) is 6.84. The van der Waals surface area contributed by atoms with Gasteiger partial charge in [-0.3, -0.25) is 0 Å². The molecule has 2 heterocycles. The summed E-state index contributed by atoms with van der Waals surface area (Å²) in [7, 11) is 5.64. The molecular weight excluding hydrogens is 442 g/mol. The van der Waals surface area contributed by atoms with E-state index in [-0.39, 0.29) is 17.9 Å². The first-order valence-electron chi connectivity index (χ1n) is 10.8. The number of nitrogens with zero attached hydrogens (tertiary/aromatic N) is 1. The minimum Gasteiger partial charge on any atom is -0.493 e. The molecule has 0 bridgehead atoms. The second-order valence-electron chi connectivity index (χ2n) is 7.84. The van der Waals surface area contributed by atoms with Crippen LogP contribution in [0.4, 0.5) is 0 Å². The van der Waals surface area contributed by atoms with Gasteiger partial charge < -0.3 is 33.3 Å². The summed E-state index contributed by atoms with van der Waals surface area (Å²) < 4.78 is 32.2. The third-order valence-electron chi connectivity index (χ3n) is 5.93. The van der Waals surface area contributed by atoms with Crippen LogP contribution in [0.15, 0.2) is 64.9 Å². The highest BCUT2D eigenvalue weighted by Gasteiger charge is 2.37. The fraction of sp³-hybridized carbons (Fsp3) is 0.360. The summed E-state index contributed by atoms with van der Waals surface area (Å²) in [6, 6.07) is 5.30. The molecule has 0 N–H and O–H groups in total. The molecule has 0 aromatic heterocycles. The first kappa shape index (κ1) is 23.3. The van der Waals surface area contributed by atoms with Gasteiger partial charge in [0.15, 0.2) is 17.3 Å². The molecule has 4 rings (SSSR count). The van der Waals surface area contributed by atoms with Gasteiger partial charge in [0.1, 0.15) is 5.76 Å². The van der Waals surface area contributed by atoms with Crippen molar-refractivity contribution >= 4 is 11.9 Å². The molecule has 0 radical (unpaired) electrons. The van der Waals surface area contributed by atoms with Crippen LogP contribution < -0.4 is 9.47 Å². The van der Waals surface area contributed by atoms with E-state index in [2.05, 4.69) is 0 Å². The minimum absolute atomic E-state index is 0.223. The Balaban J connectivity index is 1.77. The van der Waals surface area contributed by atoms with E-state index in [1.165, 1.54) is 28.4 Å². The predicted octanol–water partition coefficient (Wildman–Crippen LogP) is 3.15. The van der Waals surface area contributed by atoms with Gasteiger partial charge in [-0.05, 0) is 24.1 Å². The Kier molecular flexibility index (Phi) is 6.81. The summed E-state index contributed by atoms with van der Waals surface area (Å²) in [6.45, 7) is 0.671. The van der Waals surface area contributed by atoms with E-state index in [0.29, 0.717) is 23.6 Å². The molecule has 9 nitrogen and oxygen atoms in total. The smallest absolute Gasteiger partial charge is 0.336 e. The third-order valence-corrected chi connectivity index (χ3v) is 5.93. The summed E-state index contributed by atoms with van der Waals surface area (Å²) in [5.41, 5.74) is 2.20. The number of allylic oxidation sites excluding steroid dienone is 2. The van der Waals surface area contributed by atoms with Gasteiger partial charge in [-0.2, -0.15) is 0 Å². The number of hydrogen-bond donors (Lipinski definition) is 0. The standard InChI is InChI=1S/C25H27NO8/c1-29-20-7-5-6-16(23(20)30-2)22-17(24(27)31-3)12-26(13-18(22)25(28)32-4)11-15-8-9-19-21(10-15)34-14-33-19/h5-7,10,12-13,22H,8-9,11,14H2,1-4H3. The van der Waals surface area contributed by atoms with Crippen molar-refractivity contribution in [2.45, 2.75) is 18.8 Å². The highest BCUT2D eigenvalue weighted by molar-refractivity contribution is 5.99. The lowest BCUT2D eigenvalue weighted by Crippen LogP contribution is -2.30. The third kappa shape index (κ3) is 4.33. The summed E-state index contributed by atoms with van der Waals surface area (Å²) >= 11 is 0. The lowest BCUT2D eigenvalue weighted by molar-refractivity contribution is -0.137. The Morgan fingerprint density at radius 3 is 2.29 bits per heavy atom. The van der Waals surface area contributed by atoms with Crippen LogP contribution in [-0.2, 0) is 28.5 Å². The van der Waals surface area contributed by atoms with Crippen molar-refractivity contribution in [3.8, 4) is 11.5 Å². The molecule has 1 aliphatic carbocycles. The van der Waals surface area contributed by atoms with E-state index in [1.807, 2.05) is 6.08 Å². The number of esters is 2. The molecule has 3 aliphatic rings.